The normalized spacial score (nSPS) is 10.5. The highest BCUT2D eigenvalue weighted by molar-refractivity contribution is 7.22. The van der Waals surface area contributed by atoms with E-state index in [-0.39, 0.29) is 11.7 Å². The highest BCUT2D eigenvalue weighted by Gasteiger charge is 2.10. The van der Waals surface area contributed by atoms with Crippen LogP contribution in [0, 0.1) is 5.82 Å². The minimum atomic E-state index is -0.386. The lowest BCUT2D eigenvalue weighted by molar-refractivity contribution is 0.0962. The lowest BCUT2D eigenvalue weighted by atomic mass is 10.2. The summed E-state index contributed by atoms with van der Waals surface area (Å²) in [5.41, 5.74) is 6.37. The van der Waals surface area contributed by atoms with E-state index in [9.17, 15) is 9.18 Å². The number of para-hydroxylation sites is 1. The third-order valence-electron chi connectivity index (χ3n) is 2.99. The lowest BCUT2D eigenvalue weighted by Crippen LogP contribution is -2.29. The number of nitrogens with zero attached hydrogens (tertiary/aromatic N) is 1. The first kappa shape index (κ1) is 14.3. The largest absolute Gasteiger partial charge is 0.494 e. The molecule has 0 bridgehead atoms. The van der Waals surface area contributed by atoms with Gasteiger partial charge in [0, 0.05) is 5.56 Å². The maximum Gasteiger partial charge on any atom is 0.269 e. The van der Waals surface area contributed by atoms with Crippen molar-refractivity contribution in [1.29, 1.82) is 0 Å². The van der Waals surface area contributed by atoms with Crippen molar-refractivity contribution in [3.63, 3.8) is 0 Å². The van der Waals surface area contributed by atoms with Gasteiger partial charge >= 0.3 is 0 Å². The number of carbonyl (C=O) groups excluding carboxylic acids is 1. The standard InChI is InChI=1S/C15H12FN3O2S/c1-21-11-3-2-4-12-13(11)17-15(22-12)19-18-14(20)9-5-7-10(16)8-6-9/h2-8H,1H3,(H,17,19)(H,18,20). The molecule has 0 fully saturated rings. The van der Waals surface area contributed by atoms with Crippen molar-refractivity contribution in [2.75, 3.05) is 12.5 Å². The maximum atomic E-state index is 12.8. The van der Waals surface area contributed by atoms with Crippen LogP contribution < -0.4 is 15.6 Å². The Morgan fingerprint density at radius 3 is 2.73 bits per heavy atom. The number of benzene rings is 2. The number of halogens is 1. The van der Waals surface area contributed by atoms with Crippen LogP contribution >= 0.6 is 11.3 Å². The van der Waals surface area contributed by atoms with Crippen molar-refractivity contribution in [2.24, 2.45) is 0 Å². The van der Waals surface area contributed by atoms with E-state index < -0.39 is 0 Å². The van der Waals surface area contributed by atoms with Crippen LogP contribution in [-0.4, -0.2) is 18.0 Å². The Hall–Kier alpha value is -2.67. The number of fused-ring (bicyclic) bond motifs is 1. The van der Waals surface area contributed by atoms with Crippen molar-refractivity contribution < 1.29 is 13.9 Å². The van der Waals surface area contributed by atoms with Crippen LogP contribution in [0.3, 0.4) is 0 Å². The third kappa shape index (κ3) is 2.84. The highest BCUT2D eigenvalue weighted by Crippen LogP contribution is 2.31. The molecule has 3 rings (SSSR count). The van der Waals surface area contributed by atoms with E-state index in [0.717, 1.165) is 10.2 Å². The van der Waals surface area contributed by atoms with Crippen molar-refractivity contribution in [3.05, 3.63) is 53.8 Å². The molecule has 2 N–H and O–H groups in total. The molecule has 1 amide bonds. The summed E-state index contributed by atoms with van der Waals surface area (Å²) < 4.78 is 19.0. The third-order valence-corrected chi connectivity index (χ3v) is 3.93. The van der Waals surface area contributed by atoms with E-state index in [1.807, 2.05) is 18.2 Å². The molecule has 0 saturated heterocycles. The average Bonchev–Trinajstić information content (AvgIpc) is 2.96. The van der Waals surface area contributed by atoms with Gasteiger partial charge in [0.05, 0.1) is 11.8 Å². The average molecular weight is 317 g/mol. The van der Waals surface area contributed by atoms with Crippen LogP contribution in [0.4, 0.5) is 9.52 Å². The fourth-order valence-corrected chi connectivity index (χ4v) is 2.76. The number of amides is 1. The lowest BCUT2D eigenvalue weighted by Gasteiger charge is -2.05. The number of hydrogen-bond acceptors (Lipinski definition) is 5. The van der Waals surface area contributed by atoms with Crippen LogP contribution in [0.2, 0.25) is 0 Å². The maximum absolute atomic E-state index is 12.8. The Morgan fingerprint density at radius 1 is 1.23 bits per heavy atom. The number of methoxy groups -OCH3 is 1. The van der Waals surface area contributed by atoms with Gasteiger partial charge in [0.15, 0.2) is 0 Å². The topological polar surface area (TPSA) is 63.2 Å². The zero-order valence-corrected chi connectivity index (χ0v) is 12.4. The predicted molar refractivity (Wildman–Crippen MR) is 83.7 cm³/mol. The van der Waals surface area contributed by atoms with Gasteiger partial charge in [-0.15, -0.1) is 0 Å². The monoisotopic (exact) mass is 317 g/mol. The molecule has 0 aliphatic rings. The van der Waals surface area contributed by atoms with Gasteiger partial charge in [0.25, 0.3) is 5.91 Å². The van der Waals surface area contributed by atoms with Gasteiger partial charge in [-0.05, 0) is 36.4 Å². The van der Waals surface area contributed by atoms with Crippen molar-refractivity contribution in [2.45, 2.75) is 0 Å². The van der Waals surface area contributed by atoms with Gasteiger partial charge in [0.1, 0.15) is 17.1 Å². The number of nitrogens with one attached hydrogen (secondary N) is 2. The van der Waals surface area contributed by atoms with Crippen LogP contribution in [0.1, 0.15) is 10.4 Å². The highest BCUT2D eigenvalue weighted by atomic mass is 32.1. The summed E-state index contributed by atoms with van der Waals surface area (Å²) in [6, 6.07) is 10.9. The number of anilines is 1. The van der Waals surface area contributed by atoms with E-state index in [1.165, 1.54) is 35.6 Å². The van der Waals surface area contributed by atoms with Crippen molar-refractivity contribution in [1.82, 2.24) is 10.4 Å². The SMILES string of the molecule is COc1cccc2sc(NNC(=O)c3ccc(F)cc3)nc12. The number of rotatable bonds is 4. The summed E-state index contributed by atoms with van der Waals surface area (Å²) in [6.45, 7) is 0. The molecule has 7 heteroatoms. The fourth-order valence-electron chi connectivity index (χ4n) is 1.93. The minimum Gasteiger partial charge on any atom is -0.494 e. The molecule has 3 aromatic rings. The quantitative estimate of drug-likeness (QED) is 0.725. The molecule has 0 aliphatic carbocycles. The van der Waals surface area contributed by atoms with Crippen LogP contribution in [0.25, 0.3) is 10.2 Å². The summed E-state index contributed by atoms with van der Waals surface area (Å²) in [6.07, 6.45) is 0. The second-order valence-electron chi connectivity index (χ2n) is 4.41. The van der Waals surface area contributed by atoms with Gasteiger partial charge < -0.3 is 4.74 Å². The molecule has 0 unspecified atom stereocenters. The van der Waals surface area contributed by atoms with Crippen LogP contribution in [-0.2, 0) is 0 Å². The van der Waals surface area contributed by atoms with Crippen LogP contribution in [0.5, 0.6) is 5.75 Å². The molecule has 0 spiro atoms. The zero-order valence-electron chi connectivity index (χ0n) is 11.6. The first-order chi connectivity index (χ1) is 10.7. The van der Waals surface area contributed by atoms with Gasteiger partial charge in [-0.1, -0.05) is 17.4 Å². The number of hydrazine groups is 1. The Bertz CT molecular complexity index is 817. The van der Waals surface area contributed by atoms with E-state index >= 15 is 0 Å². The Labute approximate surface area is 129 Å². The Balaban J connectivity index is 1.73. The van der Waals surface area contributed by atoms with E-state index in [2.05, 4.69) is 15.8 Å². The molecule has 1 aromatic heterocycles. The Kier molecular flexibility index (Phi) is 3.88. The number of hydrogen-bond donors (Lipinski definition) is 2. The van der Waals surface area contributed by atoms with Crippen molar-refractivity contribution in [3.8, 4) is 5.75 Å². The van der Waals surface area contributed by atoms with Gasteiger partial charge in [-0.3, -0.25) is 15.6 Å². The number of ether oxygens (including phenoxy) is 1. The summed E-state index contributed by atoms with van der Waals surface area (Å²) >= 11 is 1.39. The number of aromatic nitrogens is 1. The van der Waals surface area contributed by atoms with Gasteiger partial charge in [-0.25, -0.2) is 9.37 Å². The molecule has 1 heterocycles. The molecule has 112 valence electrons. The summed E-state index contributed by atoms with van der Waals surface area (Å²) in [7, 11) is 1.58. The number of thiazole rings is 1. The molecule has 0 saturated carbocycles. The van der Waals surface area contributed by atoms with E-state index in [0.29, 0.717) is 16.4 Å². The molecular weight excluding hydrogens is 305 g/mol. The number of carbonyl (C=O) groups is 1. The Morgan fingerprint density at radius 2 is 2.00 bits per heavy atom. The van der Waals surface area contributed by atoms with E-state index in [4.69, 9.17) is 4.74 Å². The molecule has 22 heavy (non-hydrogen) atoms. The van der Waals surface area contributed by atoms with E-state index in [1.54, 1.807) is 7.11 Å². The zero-order chi connectivity index (χ0) is 15.5. The summed E-state index contributed by atoms with van der Waals surface area (Å²) in [5, 5.41) is 0.537. The first-order valence-corrected chi connectivity index (χ1v) is 7.24. The first-order valence-electron chi connectivity index (χ1n) is 6.43. The van der Waals surface area contributed by atoms with Crippen molar-refractivity contribution >= 4 is 32.6 Å². The summed E-state index contributed by atoms with van der Waals surface area (Å²) in [4.78, 5) is 16.3. The summed E-state index contributed by atoms with van der Waals surface area (Å²) in [5.74, 6) is -0.0827. The molecule has 0 radical (unpaired) electrons. The van der Waals surface area contributed by atoms with Gasteiger partial charge in [0.2, 0.25) is 5.13 Å². The van der Waals surface area contributed by atoms with Crippen LogP contribution in [0.15, 0.2) is 42.5 Å². The molecule has 0 atom stereocenters. The smallest absolute Gasteiger partial charge is 0.269 e. The minimum absolute atomic E-state index is 0.354. The molecule has 2 aromatic carbocycles. The predicted octanol–water partition coefficient (Wildman–Crippen LogP) is 3.20. The van der Waals surface area contributed by atoms with Gasteiger partial charge in [-0.2, -0.15) is 0 Å². The second kappa shape index (κ2) is 5.98. The second-order valence-corrected chi connectivity index (χ2v) is 5.44. The molecular formula is C15H12FN3O2S. The molecule has 0 aliphatic heterocycles. The molecule has 5 nitrogen and oxygen atoms in total. The fraction of sp³-hybridized carbons (Fsp3) is 0.0667.